The smallest absolute Gasteiger partial charge is 0.152 e. The van der Waals surface area contributed by atoms with Crippen LogP contribution < -0.4 is 4.74 Å². The van der Waals surface area contributed by atoms with E-state index in [1.165, 1.54) is 16.7 Å². The lowest BCUT2D eigenvalue weighted by atomic mass is 10.0. The molecule has 0 bridgehead atoms. The zero-order valence-electron chi connectivity index (χ0n) is 14.8. The SMILES string of the molecule is COc1ccc(-c2csc(-c3nc(-c4ccc(C)cc4C)cs3)n2)cc1. The Labute approximate surface area is 161 Å². The Morgan fingerprint density at radius 1 is 0.808 bits per heavy atom. The van der Waals surface area contributed by atoms with Crippen LogP contribution in [0, 0.1) is 13.8 Å². The van der Waals surface area contributed by atoms with Crippen molar-refractivity contribution in [2.45, 2.75) is 13.8 Å². The van der Waals surface area contributed by atoms with Crippen LogP contribution >= 0.6 is 22.7 Å². The molecule has 0 N–H and O–H groups in total. The largest absolute Gasteiger partial charge is 0.497 e. The highest BCUT2D eigenvalue weighted by molar-refractivity contribution is 7.20. The Balaban J connectivity index is 1.63. The summed E-state index contributed by atoms with van der Waals surface area (Å²) in [6.45, 7) is 4.24. The maximum atomic E-state index is 5.22. The molecule has 5 heteroatoms. The molecule has 4 rings (SSSR count). The summed E-state index contributed by atoms with van der Waals surface area (Å²) in [7, 11) is 1.67. The van der Waals surface area contributed by atoms with Gasteiger partial charge in [-0.3, -0.25) is 0 Å². The van der Waals surface area contributed by atoms with Crippen LogP contribution in [0.1, 0.15) is 11.1 Å². The molecule has 0 atom stereocenters. The summed E-state index contributed by atoms with van der Waals surface area (Å²) in [6.07, 6.45) is 0. The molecule has 0 aliphatic carbocycles. The minimum absolute atomic E-state index is 0.849. The molecule has 130 valence electrons. The Hall–Kier alpha value is -2.50. The van der Waals surface area contributed by atoms with Gasteiger partial charge in [-0.05, 0) is 43.7 Å². The second-order valence-corrected chi connectivity index (χ2v) is 7.84. The molecule has 0 radical (unpaired) electrons. The number of nitrogens with zero attached hydrogens (tertiary/aromatic N) is 2. The molecule has 0 aliphatic heterocycles. The van der Waals surface area contributed by atoms with E-state index in [0.29, 0.717) is 0 Å². The molecule has 4 aromatic rings. The van der Waals surface area contributed by atoms with E-state index in [2.05, 4.69) is 42.8 Å². The number of aromatic nitrogens is 2. The summed E-state index contributed by atoms with van der Waals surface area (Å²) in [4.78, 5) is 9.60. The summed E-state index contributed by atoms with van der Waals surface area (Å²) < 4.78 is 5.22. The van der Waals surface area contributed by atoms with Gasteiger partial charge in [0.15, 0.2) is 10.0 Å². The van der Waals surface area contributed by atoms with E-state index in [-0.39, 0.29) is 0 Å². The van der Waals surface area contributed by atoms with Gasteiger partial charge in [0.2, 0.25) is 0 Å². The van der Waals surface area contributed by atoms with Crippen molar-refractivity contribution in [1.29, 1.82) is 0 Å². The molecule has 26 heavy (non-hydrogen) atoms. The molecule has 0 amide bonds. The fraction of sp³-hybridized carbons (Fsp3) is 0.143. The zero-order chi connectivity index (χ0) is 18.1. The van der Waals surface area contributed by atoms with E-state index in [1.807, 2.05) is 24.3 Å². The van der Waals surface area contributed by atoms with E-state index in [4.69, 9.17) is 14.7 Å². The Kier molecular flexibility index (Phi) is 4.57. The van der Waals surface area contributed by atoms with Crippen LogP contribution in [0.4, 0.5) is 0 Å². The summed E-state index contributed by atoms with van der Waals surface area (Å²) >= 11 is 3.27. The first-order valence-corrected chi connectivity index (χ1v) is 10.0. The van der Waals surface area contributed by atoms with E-state index in [1.54, 1.807) is 29.8 Å². The normalized spacial score (nSPS) is 10.9. The van der Waals surface area contributed by atoms with Crippen LogP contribution in [-0.2, 0) is 0 Å². The van der Waals surface area contributed by atoms with Gasteiger partial charge in [0.25, 0.3) is 0 Å². The van der Waals surface area contributed by atoms with Crippen LogP contribution in [0.25, 0.3) is 32.5 Å². The second-order valence-electron chi connectivity index (χ2n) is 6.12. The van der Waals surface area contributed by atoms with Gasteiger partial charge in [-0.25, -0.2) is 9.97 Å². The number of hydrogen-bond acceptors (Lipinski definition) is 5. The molecular weight excluding hydrogens is 360 g/mol. The van der Waals surface area contributed by atoms with Crippen molar-refractivity contribution in [3.05, 3.63) is 64.4 Å². The van der Waals surface area contributed by atoms with Crippen LogP contribution in [0.3, 0.4) is 0 Å². The predicted octanol–water partition coefficient (Wildman–Crippen LogP) is 6.23. The van der Waals surface area contributed by atoms with E-state index >= 15 is 0 Å². The molecule has 0 saturated carbocycles. The van der Waals surface area contributed by atoms with Gasteiger partial charge in [0.05, 0.1) is 18.5 Å². The number of hydrogen-bond donors (Lipinski definition) is 0. The Morgan fingerprint density at radius 2 is 1.46 bits per heavy atom. The van der Waals surface area contributed by atoms with Gasteiger partial charge in [-0.15, -0.1) is 22.7 Å². The van der Waals surface area contributed by atoms with Crippen molar-refractivity contribution < 1.29 is 4.74 Å². The summed E-state index contributed by atoms with van der Waals surface area (Å²) in [5.41, 5.74) is 6.77. The molecule has 3 nitrogen and oxygen atoms in total. The topological polar surface area (TPSA) is 35.0 Å². The first kappa shape index (κ1) is 16.9. The van der Waals surface area contributed by atoms with Gasteiger partial charge in [0.1, 0.15) is 5.75 Å². The van der Waals surface area contributed by atoms with Crippen LogP contribution in [0.2, 0.25) is 0 Å². The van der Waals surface area contributed by atoms with Gasteiger partial charge in [0, 0.05) is 21.9 Å². The lowest BCUT2D eigenvalue weighted by Crippen LogP contribution is -1.85. The molecule has 0 fully saturated rings. The zero-order valence-corrected chi connectivity index (χ0v) is 16.4. The number of aryl methyl sites for hydroxylation is 2. The lowest BCUT2D eigenvalue weighted by Gasteiger charge is -2.03. The Morgan fingerprint density at radius 3 is 2.12 bits per heavy atom. The summed E-state index contributed by atoms with van der Waals surface area (Å²) in [5, 5.41) is 6.11. The third-order valence-electron chi connectivity index (χ3n) is 4.23. The van der Waals surface area contributed by atoms with Gasteiger partial charge >= 0.3 is 0 Å². The summed E-state index contributed by atoms with van der Waals surface area (Å²) in [6, 6.07) is 14.4. The van der Waals surface area contributed by atoms with Gasteiger partial charge in [-0.1, -0.05) is 23.8 Å². The standard InChI is InChI=1S/C21H18N2OS2/c1-13-4-9-17(14(2)10-13)19-12-26-21(23-19)20-22-18(11-25-20)15-5-7-16(24-3)8-6-15/h4-12H,1-3H3. The number of rotatable bonds is 4. The molecule has 0 spiro atoms. The molecule has 0 saturated heterocycles. The van der Waals surface area contributed by atoms with E-state index < -0.39 is 0 Å². The van der Waals surface area contributed by atoms with Gasteiger partial charge in [-0.2, -0.15) is 0 Å². The molecule has 2 aromatic carbocycles. The van der Waals surface area contributed by atoms with E-state index in [0.717, 1.165) is 32.7 Å². The first-order chi connectivity index (χ1) is 12.6. The monoisotopic (exact) mass is 378 g/mol. The first-order valence-electron chi connectivity index (χ1n) is 8.27. The van der Waals surface area contributed by atoms with Crippen molar-refractivity contribution in [3.8, 4) is 38.3 Å². The number of thiazole rings is 2. The highest BCUT2D eigenvalue weighted by Crippen LogP contribution is 2.34. The highest BCUT2D eigenvalue weighted by atomic mass is 32.1. The molecule has 0 aliphatic rings. The third-order valence-corrected chi connectivity index (χ3v) is 6.06. The quantitative estimate of drug-likeness (QED) is 0.422. The molecule has 0 unspecified atom stereocenters. The van der Waals surface area contributed by atoms with Crippen molar-refractivity contribution in [2.75, 3.05) is 7.11 Å². The highest BCUT2D eigenvalue weighted by Gasteiger charge is 2.13. The summed E-state index contributed by atoms with van der Waals surface area (Å²) in [5.74, 6) is 0.849. The average Bonchev–Trinajstić information content (AvgIpc) is 3.31. The predicted molar refractivity (Wildman–Crippen MR) is 110 cm³/mol. The number of ether oxygens (including phenoxy) is 1. The minimum atomic E-state index is 0.849. The minimum Gasteiger partial charge on any atom is -0.497 e. The van der Waals surface area contributed by atoms with E-state index in [9.17, 15) is 0 Å². The van der Waals surface area contributed by atoms with Crippen molar-refractivity contribution in [1.82, 2.24) is 9.97 Å². The van der Waals surface area contributed by atoms with Crippen molar-refractivity contribution in [3.63, 3.8) is 0 Å². The Bertz CT molecular complexity index is 1050. The average molecular weight is 379 g/mol. The van der Waals surface area contributed by atoms with Crippen molar-refractivity contribution >= 4 is 22.7 Å². The van der Waals surface area contributed by atoms with Crippen molar-refractivity contribution in [2.24, 2.45) is 0 Å². The number of benzene rings is 2. The van der Waals surface area contributed by atoms with Gasteiger partial charge < -0.3 is 4.74 Å². The van der Waals surface area contributed by atoms with Crippen LogP contribution in [0.15, 0.2) is 53.2 Å². The number of methoxy groups -OCH3 is 1. The lowest BCUT2D eigenvalue weighted by molar-refractivity contribution is 0.415. The molecular formula is C21H18N2OS2. The van der Waals surface area contributed by atoms with Crippen LogP contribution in [0.5, 0.6) is 5.75 Å². The maximum Gasteiger partial charge on any atom is 0.152 e. The van der Waals surface area contributed by atoms with Crippen LogP contribution in [-0.4, -0.2) is 17.1 Å². The molecule has 2 aromatic heterocycles. The fourth-order valence-corrected chi connectivity index (χ4v) is 4.56. The third kappa shape index (κ3) is 3.28. The fourth-order valence-electron chi connectivity index (χ4n) is 2.86. The maximum absolute atomic E-state index is 5.22. The second kappa shape index (κ2) is 7.02. The molecule has 2 heterocycles.